The molecule has 2 aromatic rings. The second kappa shape index (κ2) is 7.88. The molecule has 3 aliphatic rings. The number of hydrogen-bond donors (Lipinski definition) is 1. The highest BCUT2D eigenvalue weighted by Crippen LogP contribution is 2.36. The number of amidine groups is 1. The molecular weight excluding hydrogens is 433 g/mol. The number of halogens is 3. The summed E-state index contributed by atoms with van der Waals surface area (Å²) < 4.78 is 46.6. The number of benzene rings is 2. The lowest BCUT2D eigenvalue weighted by Gasteiger charge is -2.26. The van der Waals surface area contributed by atoms with Crippen LogP contribution in [-0.2, 0) is 6.61 Å². The minimum atomic E-state index is -4.72. The first-order chi connectivity index (χ1) is 15.8. The monoisotopic (exact) mass is 451 g/mol. The van der Waals surface area contributed by atoms with Gasteiger partial charge in [-0.3, -0.25) is 4.99 Å². The van der Waals surface area contributed by atoms with Crippen molar-refractivity contribution in [2.45, 2.75) is 13.0 Å². The van der Waals surface area contributed by atoms with Crippen LogP contribution in [0.2, 0.25) is 0 Å². The Morgan fingerprint density at radius 3 is 2.52 bits per heavy atom. The van der Waals surface area contributed by atoms with E-state index in [4.69, 9.17) is 15.6 Å². The summed E-state index contributed by atoms with van der Waals surface area (Å²) in [6.45, 7) is 0.170. The molecule has 0 aromatic heterocycles. The summed E-state index contributed by atoms with van der Waals surface area (Å²) in [5.74, 6) is 7.63. The van der Waals surface area contributed by atoms with Crippen molar-refractivity contribution in [1.82, 2.24) is 0 Å². The summed E-state index contributed by atoms with van der Waals surface area (Å²) in [5.41, 5.74) is 4.01. The maximum atomic E-state index is 12.3. The molecule has 0 spiro atoms. The molecule has 6 nitrogen and oxygen atoms in total. The lowest BCUT2D eigenvalue weighted by Crippen LogP contribution is -2.53. The predicted molar refractivity (Wildman–Crippen MR) is 117 cm³/mol. The van der Waals surface area contributed by atoms with E-state index >= 15 is 0 Å². The molecule has 166 valence electrons. The molecule has 2 aromatic carbocycles. The third-order valence-electron chi connectivity index (χ3n) is 5.27. The first-order valence-corrected chi connectivity index (χ1v) is 10.0. The zero-order valence-corrected chi connectivity index (χ0v) is 17.2. The van der Waals surface area contributed by atoms with Gasteiger partial charge in [0.15, 0.2) is 0 Å². The maximum absolute atomic E-state index is 12.3. The molecule has 5 rings (SSSR count). The van der Waals surface area contributed by atoms with Crippen LogP contribution in [0.4, 0.5) is 13.2 Å². The van der Waals surface area contributed by atoms with Crippen LogP contribution in [0.25, 0.3) is 0 Å². The number of quaternary nitrogens is 1. The van der Waals surface area contributed by atoms with Crippen molar-refractivity contribution in [3.8, 4) is 11.5 Å². The van der Waals surface area contributed by atoms with Gasteiger partial charge in [-0.15, -0.1) is 17.8 Å². The highest BCUT2D eigenvalue weighted by Gasteiger charge is 2.44. The van der Waals surface area contributed by atoms with E-state index in [2.05, 4.69) is 9.73 Å². The van der Waals surface area contributed by atoms with Gasteiger partial charge in [0.25, 0.3) is 5.84 Å². The van der Waals surface area contributed by atoms with Gasteiger partial charge in [-0.2, -0.15) is 10.8 Å². The Kier molecular flexibility index (Phi) is 4.99. The molecule has 2 aliphatic heterocycles. The highest BCUT2D eigenvalue weighted by atomic mass is 19.4. The van der Waals surface area contributed by atoms with Gasteiger partial charge >= 0.3 is 6.36 Å². The van der Waals surface area contributed by atoms with Crippen molar-refractivity contribution >= 4 is 12.1 Å². The molecule has 1 unspecified atom stereocenters. The van der Waals surface area contributed by atoms with Crippen LogP contribution >= 0.6 is 0 Å². The van der Waals surface area contributed by atoms with Crippen molar-refractivity contribution in [2.24, 2.45) is 15.8 Å². The summed E-state index contributed by atoms with van der Waals surface area (Å²) in [6.07, 6.45) is 6.27. The van der Waals surface area contributed by atoms with Crippen LogP contribution in [0.1, 0.15) is 11.1 Å². The smallest absolute Gasteiger partial charge is 0.489 e. The van der Waals surface area contributed by atoms with Crippen molar-refractivity contribution in [1.29, 1.82) is 0 Å². The molecule has 0 amide bonds. The molecule has 0 saturated carbocycles. The molecule has 1 atom stereocenters. The molecular formula is C24H18F3N4O2+. The third kappa shape index (κ3) is 4.11. The SMILES string of the molecule is N[N+]12C=CN=CC1=C(C1=CC=C1)N=C2c1cccc(OCc2ccc(OC(F)(F)F)cc2)c1. The molecule has 0 saturated heterocycles. The molecule has 0 bridgehead atoms. The number of allylic oxidation sites excluding steroid dienone is 4. The molecule has 0 fully saturated rings. The van der Waals surface area contributed by atoms with Gasteiger partial charge < -0.3 is 9.47 Å². The van der Waals surface area contributed by atoms with Crippen molar-refractivity contribution in [3.63, 3.8) is 0 Å². The average Bonchev–Trinajstić information content (AvgIpc) is 3.04. The number of rotatable bonds is 6. The molecule has 33 heavy (non-hydrogen) atoms. The number of alkyl halides is 3. The molecule has 2 N–H and O–H groups in total. The van der Waals surface area contributed by atoms with Gasteiger partial charge in [-0.1, -0.05) is 36.4 Å². The summed E-state index contributed by atoms with van der Waals surface area (Å²) >= 11 is 0. The third-order valence-corrected chi connectivity index (χ3v) is 5.27. The van der Waals surface area contributed by atoms with Crippen LogP contribution in [0.15, 0.2) is 106 Å². The zero-order valence-electron chi connectivity index (χ0n) is 17.2. The largest absolute Gasteiger partial charge is 0.573 e. The fourth-order valence-electron chi connectivity index (χ4n) is 3.62. The Labute approximate surface area is 187 Å². The normalized spacial score (nSPS) is 20.8. The molecule has 1 aliphatic carbocycles. The zero-order chi connectivity index (χ0) is 23.1. The van der Waals surface area contributed by atoms with Crippen LogP contribution in [-0.4, -0.2) is 23.0 Å². The van der Waals surface area contributed by atoms with Gasteiger partial charge in [-0.25, -0.2) is 0 Å². The molecule has 0 radical (unpaired) electrons. The predicted octanol–water partition coefficient (Wildman–Crippen LogP) is 4.88. The summed E-state index contributed by atoms with van der Waals surface area (Å²) in [7, 11) is 0. The van der Waals surface area contributed by atoms with E-state index in [1.807, 2.05) is 36.4 Å². The Morgan fingerprint density at radius 1 is 1.03 bits per heavy atom. The van der Waals surface area contributed by atoms with Crippen molar-refractivity contribution in [3.05, 3.63) is 107 Å². The maximum Gasteiger partial charge on any atom is 0.573 e. The summed E-state index contributed by atoms with van der Waals surface area (Å²) in [6, 6.07) is 12.9. The standard InChI is InChI=1S/C24H18F3N4O2/c25-24(26,27)33-19-9-7-16(8-10-19)15-32-20-6-2-5-18(13-20)23-30-22(17-3-1-4-17)21-14-29-11-12-31(21,23)28/h1-14H,15,28H2/q+1. The van der Waals surface area contributed by atoms with Crippen molar-refractivity contribution in [2.75, 3.05) is 0 Å². The Bertz CT molecular complexity index is 1290. The lowest BCUT2D eigenvalue weighted by atomic mass is 10.0. The van der Waals surface area contributed by atoms with E-state index in [-0.39, 0.29) is 16.9 Å². The van der Waals surface area contributed by atoms with Gasteiger partial charge in [-0.05, 0) is 35.9 Å². The second-order valence-electron chi connectivity index (χ2n) is 7.51. The quantitative estimate of drug-likeness (QED) is 0.503. The number of aliphatic imine (C=N–C) groups is 2. The van der Waals surface area contributed by atoms with Crippen LogP contribution in [0, 0.1) is 0 Å². The Hall–Kier alpha value is -3.95. The number of ether oxygens (including phenoxy) is 2. The Morgan fingerprint density at radius 2 is 1.82 bits per heavy atom. The molecule has 2 heterocycles. The fourth-order valence-corrected chi connectivity index (χ4v) is 3.62. The summed E-state index contributed by atoms with van der Waals surface area (Å²) in [4.78, 5) is 9.03. The van der Waals surface area contributed by atoms with Gasteiger partial charge in [0.2, 0.25) is 5.70 Å². The number of hydrogen-bond acceptors (Lipinski definition) is 5. The molecule has 9 heteroatoms. The van der Waals surface area contributed by atoms with E-state index < -0.39 is 6.36 Å². The van der Waals surface area contributed by atoms with E-state index in [0.717, 1.165) is 22.5 Å². The summed E-state index contributed by atoms with van der Waals surface area (Å²) in [5, 5.41) is 0. The first kappa shape index (κ1) is 20.9. The van der Waals surface area contributed by atoms with Crippen LogP contribution in [0.5, 0.6) is 11.5 Å². The lowest BCUT2D eigenvalue weighted by molar-refractivity contribution is -0.750. The van der Waals surface area contributed by atoms with Gasteiger partial charge in [0.05, 0.1) is 18.0 Å². The Balaban J connectivity index is 1.34. The second-order valence-corrected chi connectivity index (χ2v) is 7.51. The average molecular weight is 451 g/mol. The highest BCUT2D eigenvalue weighted by molar-refractivity contribution is 6.01. The minimum absolute atomic E-state index is 0.103. The minimum Gasteiger partial charge on any atom is -0.489 e. The first-order valence-electron chi connectivity index (χ1n) is 10.0. The van der Waals surface area contributed by atoms with E-state index in [1.54, 1.807) is 24.7 Å². The topological polar surface area (TPSA) is 69.2 Å². The number of nitrogens with zero attached hydrogens (tertiary/aromatic N) is 3. The van der Waals surface area contributed by atoms with Crippen molar-refractivity contribution < 1.29 is 27.2 Å². The van der Waals surface area contributed by atoms with Gasteiger partial charge in [0.1, 0.15) is 30.0 Å². The number of fused-ring (bicyclic) bond motifs is 1. The van der Waals surface area contributed by atoms with Crippen LogP contribution in [0.3, 0.4) is 0 Å². The van der Waals surface area contributed by atoms with E-state index in [9.17, 15) is 13.2 Å². The van der Waals surface area contributed by atoms with E-state index in [0.29, 0.717) is 17.1 Å². The van der Waals surface area contributed by atoms with Gasteiger partial charge in [0, 0.05) is 5.57 Å². The van der Waals surface area contributed by atoms with Crippen LogP contribution < -0.4 is 15.3 Å². The fraction of sp³-hybridized carbons (Fsp3) is 0.0833. The van der Waals surface area contributed by atoms with E-state index in [1.165, 1.54) is 24.3 Å². The number of nitrogens with two attached hydrogens (primary N) is 1.